The Bertz CT molecular complexity index is 664. The van der Waals surface area contributed by atoms with Crippen molar-refractivity contribution in [2.24, 2.45) is 0 Å². The number of hydrogen-bond donors (Lipinski definition) is 1. The Kier molecular flexibility index (Phi) is 5.33. The third-order valence-corrected chi connectivity index (χ3v) is 6.32. The van der Waals surface area contributed by atoms with Gasteiger partial charge in [0.15, 0.2) is 0 Å². The number of halogens is 3. The minimum absolute atomic E-state index is 0.0312. The Labute approximate surface area is 135 Å². The van der Waals surface area contributed by atoms with Crippen LogP contribution in [-0.4, -0.2) is 51.2 Å². The van der Waals surface area contributed by atoms with Crippen LogP contribution < -0.4 is 5.32 Å². The molecular formula is C12H15F3N2O4S2. The molecule has 0 aromatic carbocycles. The molecule has 130 valence electrons. The number of hydrogen-bond acceptors (Lipinski definition) is 5. The van der Waals surface area contributed by atoms with Crippen molar-refractivity contribution < 1.29 is 31.1 Å². The predicted octanol–water partition coefficient (Wildman–Crippen LogP) is 1.80. The van der Waals surface area contributed by atoms with Gasteiger partial charge in [-0.3, -0.25) is 9.53 Å². The van der Waals surface area contributed by atoms with Gasteiger partial charge in [-0.2, -0.15) is 4.31 Å². The summed E-state index contributed by atoms with van der Waals surface area (Å²) in [6.45, 7) is -0.123. The second-order valence-electron chi connectivity index (χ2n) is 4.89. The Balaban J connectivity index is 2.04. The summed E-state index contributed by atoms with van der Waals surface area (Å²) in [5.74, 6) is -0.395. The van der Waals surface area contributed by atoms with Gasteiger partial charge in [0.1, 0.15) is 0 Å². The molecule has 0 saturated carbocycles. The van der Waals surface area contributed by atoms with Crippen molar-refractivity contribution in [1.29, 1.82) is 0 Å². The number of carbonyl (C=O) groups excluding carboxylic acids is 1. The monoisotopic (exact) mass is 372 g/mol. The van der Waals surface area contributed by atoms with E-state index in [2.05, 4.69) is 10.1 Å². The topological polar surface area (TPSA) is 75.7 Å². The lowest BCUT2D eigenvalue weighted by Crippen LogP contribution is -2.42. The molecule has 1 aliphatic heterocycles. The van der Waals surface area contributed by atoms with Crippen LogP contribution >= 0.6 is 11.3 Å². The smallest absolute Gasteiger partial charge is 0.354 e. The summed E-state index contributed by atoms with van der Waals surface area (Å²) >= 11 is 0.990. The number of sulfonamides is 1. The molecule has 0 radical (unpaired) electrons. The molecule has 1 aromatic rings. The van der Waals surface area contributed by atoms with E-state index in [0.29, 0.717) is 0 Å². The number of alkyl halides is 3. The summed E-state index contributed by atoms with van der Waals surface area (Å²) in [5, 5.41) is 3.74. The number of thiophene rings is 1. The molecular weight excluding hydrogens is 357 g/mol. The van der Waals surface area contributed by atoms with Gasteiger partial charge in [0.05, 0.1) is 15.9 Å². The molecule has 23 heavy (non-hydrogen) atoms. The summed E-state index contributed by atoms with van der Waals surface area (Å²) in [6.07, 6.45) is -5.83. The van der Waals surface area contributed by atoms with Crippen molar-refractivity contribution in [3.63, 3.8) is 0 Å². The second kappa shape index (κ2) is 6.75. The normalized spacial score (nSPS) is 18.1. The maximum absolute atomic E-state index is 12.4. The van der Waals surface area contributed by atoms with Gasteiger partial charge in [0.2, 0.25) is 10.0 Å². The van der Waals surface area contributed by atoms with Crippen LogP contribution in [0.5, 0.6) is 0 Å². The predicted molar refractivity (Wildman–Crippen MR) is 76.6 cm³/mol. The summed E-state index contributed by atoms with van der Waals surface area (Å²) in [6, 6.07) is 1.26. The van der Waals surface area contributed by atoms with Gasteiger partial charge in [-0.15, -0.1) is 24.5 Å². The van der Waals surface area contributed by atoms with Crippen molar-refractivity contribution in [3.05, 3.63) is 16.3 Å². The fourth-order valence-electron chi connectivity index (χ4n) is 2.22. The maximum Gasteiger partial charge on any atom is 0.522 e. The summed E-state index contributed by atoms with van der Waals surface area (Å²) in [4.78, 5) is 11.7. The average molecular weight is 372 g/mol. The lowest BCUT2D eigenvalue weighted by atomic mass is 10.1. The van der Waals surface area contributed by atoms with E-state index >= 15 is 0 Å². The molecule has 2 rings (SSSR count). The molecule has 1 amide bonds. The Morgan fingerprint density at radius 1 is 1.39 bits per heavy atom. The van der Waals surface area contributed by atoms with E-state index in [1.807, 2.05) is 0 Å². The number of amides is 1. The van der Waals surface area contributed by atoms with Gasteiger partial charge in [0, 0.05) is 25.5 Å². The molecule has 0 atom stereocenters. The lowest BCUT2D eigenvalue weighted by molar-refractivity contribution is -0.345. The van der Waals surface area contributed by atoms with Gasteiger partial charge in [-0.1, -0.05) is 0 Å². The first-order valence-electron chi connectivity index (χ1n) is 6.69. The fourth-order valence-corrected chi connectivity index (χ4v) is 4.90. The molecule has 1 aliphatic rings. The van der Waals surface area contributed by atoms with E-state index in [9.17, 15) is 26.4 Å². The molecule has 0 spiro atoms. The minimum atomic E-state index is -4.72. The van der Waals surface area contributed by atoms with E-state index in [0.717, 1.165) is 15.6 Å². The Morgan fingerprint density at radius 3 is 2.52 bits per heavy atom. The van der Waals surface area contributed by atoms with Gasteiger partial charge < -0.3 is 5.32 Å². The van der Waals surface area contributed by atoms with Crippen LogP contribution in [0, 0.1) is 0 Å². The van der Waals surface area contributed by atoms with Crippen molar-refractivity contribution in [1.82, 2.24) is 9.62 Å². The van der Waals surface area contributed by atoms with Crippen molar-refractivity contribution in [2.75, 3.05) is 20.1 Å². The summed E-state index contributed by atoms with van der Waals surface area (Å²) in [5.41, 5.74) is 0. The highest BCUT2D eigenvalue weighted by Gasteiger charge is 2.37. The molecule has 1 aromatic heterocycles. The first kappa shape index (κ1) is 18.2. The van der Waals surface area contributed by atoms with Gasteiger partial charge in [-0.05, 0) is 18.9 Å². The van der Waals surface area contributed by atoms with E-state index in [1.54, 1.807) is 0 Å². The fraction of sp³-hybridized carbons (Fsp3) is 0.583. The van der Waals surface area contributed by atoms with Gasteiger partial charge >= 0.3 is 6.36 Å². The minimum Gasteiger partial charge on any atom is -0.354 e. The first-order valence-corrected chi connectivity index (χ1v) is 9.01. The standard InChI is InChI=1S/C12H15F3N2O4S2/c1-16-11(18)10-6-9(7-22-10)23(19,20)17-4-2-8(3-5-17)21-12(13,14)15/h6-8H,2-5H2,1H3,(H,16,18). The molecule has 11 heteroatoms. The lowest BCUT2D eigenvalue weighted by Gasteiger charge is -2.31. The van der Waals surface area contributed by atoms with Crippen LogP contribution in [0.3, 0.4) is 0 Å². The molecule has 1 saturated heterocycles. The first-order chi connectivity index (χ1) is 10.6. The summed E-state index contributed by atoms with van der Waals surface area (Å²) < 4.78 is 66.4. The molecule has 1 fully saturated rings. The number of piperidine rings is 1. The average Bonchev–Trinajstić information content (AvgIpc) is 2.96. The van der Waals surface area contributed by atoms with E-state index < -0.39 is 28.4 Å². The quantitative estimate of drug-likeness (QED) is 0.875. The highest BCUT2D eigenvalue weighted by Crippen LogP contribution is 2.28. The molecule has 0 bridgehead atoms. The largest absolute Gasteiger partial charge is 0.522 e. The Hall–Kier alpha value is -1.17. The molecule has 6 nitrogen and oxygen atoms in total. The van der Waals surface area contributed by atoms with Gasteiger partial charge in [0.25, 0.3) is 5.91 Å². The summed E-state index contributed by atoms with van der Waals surface area (Å²) in [7, 11) is -2.39. The Morgan fingerprint density at radius 2 is 2.00 bits per heavy atom. The zero-order valence-corrected chi connectivity index (χ0v) is 13.7. The third-order valence-electron chi connectivity index (χ3n) is 3.37. The maximum atomic E-state index is 12.4. The van der Waals surface area contributed by atoms with Crippen LogP contribution in [0.4, 0.5) is 13.2 Å². The van der Waals surface area contributed by atoms with Crippen LogP contribution in [-0.2, 0) is 14.8 Å². The van der Waals surface area contributed by atoms with E-state index in [4.69, 9.17) is 0 Å². The highest BCUT2D eigenvalue weighted by atomic mass is 32.2. The number of carbonyl (C=O) groups is 1. The molecule has 0 unspecified atom stereocenters. The number of nitrogens with zero attached hydrogens (tertiary/aromatic N) is 1. The van der Waals surface area contributed by atoms with Crippen LogP contribution in [0.25, 0.3) is 0 Å². The van der Waals surface area contributed by atoms with E-state index in [1.165, 1.54) is 18.5 Å². The van der Waals surface area contributed by atoms with E-state index in [-0.39, 0.29) is 35.7 Å². The number of ether oxygens (including phenoxy) is 1. The van der Waals surface area contributed by atoms with Gasteiger partial charge in [-0.25, -0.2) is 8.42 Å². The number of rotatable bonds is 4. The zero-order chi connectivity index (χ0) is 17.3. The third kappa shape index (κ3) is 4.43. The molecule has 1 N–H and O–H groups in total. The van der Waals surface area contributed by atoms with Crippen LogP contribution in [0.15, 0.2) is 16.3 Å². The molecule has 0 aliphatic carbocycles. The van der Waals surface area contributed by atoms with Crippen molar-refractivity contribution in [2.45, 2.75) is 30.2 Å². The SMILES string of the molecule is CNC(=O)c1cc(S(=O)(=O)N2CCC(OC(F)(F)F)CC2)cs1. The second-order valence-corrected chi connectivity index (χ2v) is 7.74. The van der Waals surface area contributed by atoms with Crippen molar-refractivity contribution in [3.8, 4) is 0 Å². The molecule has 2 heterocycles. The van der Waals surface area contributed by atoms with Crippen LogP contribution in [0.2, 0.25) is 0 Å². The highest BCUT2D eigenvalue weighted by molar-refractivity contribution is 7.89. The number of nitrogens with one attached hydrogen (secondary N) is 1. The van der Waals surface area contributed by atoms with Crippen molar-refractivity contribution >= 4 is 27.3 Å². The van der Waals surface area contributed by atoms with Crippen LogP contribution in [0.1, 0.15) is 22.5 Å². The zero-order valence-electron chi connectivity index (χ0n) is 12.1.